The molecule has 0 radical (unpaired) electrons. The van der Waals surface area contributed by atoms with Crippen molar-refractivity contribution in [1.29, 1.82) is 0 Å². The maximum absolute atomic E-state index is 13.5. The van der Waals surface area contributed by atoms with Gasteiger partial charge in [-0.05, 0) is 81.0 Å². The van der Waals surface area contributed by atoms with Gasteiger partial charge in [-0.15, -0.1) is 23.1 Å². The van der Waals surface area contributed by atoms with Crippen LogP contribution in [0.2, 0.25) is 0 Å². The first-order valence-electron chi connectivity index (χ1n) is 14.4. The summed E-state index contributed by atoms with van der Waals surface area (Å²) in [4.78, 5) is 64.2. The molecule has 0 saturated carbocycles. The van der Waals surface area contributed by atoms with Crippen molar-refractivity contribution in [1.82, 2.24) is 0 Å². The van der Waals surface area contributed by atoms with Gasteiger partial charge in [-0.25, -0.2) is 14.4 Å². The molecule has 0 saturated heterocycles. The lowest BCUT2D eigenvalue weighted by molar-refractivity contribution is -0.115. The van der Waals surface area contributed by atoms with E-state index in [9.17, 15) is 34.2 Å². The molecule has 1 heterocycles. The van der Waals surface area contributed by atoms with E-state index in [-0.39, 0.29) is 23.6 Å². The molecule has 2 amide bonds. The summed E-state index contributed by atoms with van der Waals surface area (Å²) in [5, 5.41) is 24.4. The van der Waals surface area contributed by atoms with Gasteiger partial charge >= 0.3 is 17.9 Å². The van der Waals surface area contributed by atoms with Crippen LogP contribution in [0, 0.1) is 0 Å². The molecule has 12 heteroatoms. The first-order chi connectivity index (χ1) is 21.1. The number of rotatable bonds is 11. The lowest BCUT2D eigenvalue weighted by atomic mass is 9.96. The Bertz CT molecular complexity index is 1580. The second-order valence-electron chi connectivity index (χ2n) is 10.2. The molecule has 1 aromatic heterocycles. The first kappa shape index (κ1) is 32.7. The zero-order valence-electron chi connectivity index (χ0n) is 24.4. The number of aromatic carboxylic acids is 2. The van der Waals surface area contributed by atoms with Gasteiger partial charge < -0.3 is 25.6 Å². The predicted octanol–water partition coefficient (Wildman–Crippen LogP) is 6.74. The third-order valence-electron chi connectivity index (χ3n) is 7.16. The number of esters is 1. The van der Waals surface area contributed by atoms with Crippen LogP contribution in [0.15, 0.2) is 47.4 Å². The SMILES string of the molecule is CCOC(=O)c1c(NC(=O)C(CC)Sc2cccc(NC(=O)c3ccc(C(=O)O)cc3C(=O)O)c2)sc2c1CCCCCC2. The summed E-state index contributed by atoms with van der Waals surface area (Å²) in [5.74, 6) is -4.13. The lowest BCUT2D eigenvalue weighted by Gasteiger charge is -2.16. The number of hydrogen-bond donors (Lipinski definition) is 4. The van der Waals surface area contributed by atoms with E-state index in [1.807, 2.05) is 6.92 Å². The van der Waals surface area contributed by atoms with Crippen molar-refractivity contribution >= 4 is 63.5 Å². The van der Waals surface area contributed by atoms with Crippen LogP contribution < -0.4 is 10.6 Å². The first-order valence-corrected chi connectivity index (χ1v) is 16.1. The number of fused-ring (bicyclic) bond motifs is 1. The highest BCUT2D eigenvalue weighted by Crippen LogP contribution is 2.38. The molecular weight excluding hydrogens is 604 g/mol. The molecule has 1 atom stereocenters. The third-order valence-corrected chi connectivity index (χ3v) is 9.73. The largest absolute Gasteiger partial charge is 0.478 e. The van der Waals surface area contributed by atoms with Crippen LogP contribution in [0.3, 0.4) is 0 Å². The number of ether oxygens (including phenoxy) is 1. The summed E-state index contributed by atoms with van der Waals surface area (Å²) in [5.41, 5.74) is 0.953. The molecule has 0 bridgehead atoms. The van der Waals surface area contributed by atoms with E-state index >= 15 is 0 Å². The number of thioether (sulfide) groups is 1. The Morgan fingerprint density at radius 3 is 2.34 bits per heavy atom. The zero-order valence-corrected chi connectivity index (χ0v) is 26.1. The number of hydrogen-bond acceptors (Lipinski definition) is 8. The normalized spacial score (nSPS) is 13.5. The van der Waals surface area contributed by atoms with Crippen LogP contribution in [0.5, 0.6) is 0 Å². The Morgan fingerprint density at radius 1 is 0.909 bits per heavy atom. The smallest absolute Gasteiger partial charge is 0.341 e. The Balaban J connectivity index is 1.51. The molecule has 4 rings (SSSR count). The van der Waals surface area contributed by atoms with Crippen LogP contribution in [-0.2, 0) is 22.4 Å². The quantitative estimate of drug-likeness (QED) is 0.132. The fraction of sp³-hybridized carbons (Fsp3) is 0.344. The Morgan fingerprint density at radius 2 is 1.66 bits per heavy atom. The highest BCUT2D eigenvalue weighted by atomic mass is 32.2. The lowest BCUT2D eigenvalue weighted by Crippen LogP contribution is -2.25. The zero-order chi connectivity index (χ0) is 31.8. The average Bonchev–Trinajstić information content (AvgIpc) is 3.31. The van der Waals surface area contributed by atoms with Gasteiger partial charge in [0.2, 0.25) is 5.91 Å². The highest BCUT2D eigenvalue weighted by Gasteiger charge is 2.28. The van der Waals surface area contributed by atoms with Crippen LogP contribution in [0.4, 0.5) is 10.7 Å². The number of aryl methyl sites for hydroxylation is 1. The summed E-state index contributed by atoms with van der Waals surface area (Å²) < 4.78 is 5.36. The third kappa shape index (κ3) is 7.86. The Kier molecular flexibility index (Phi) is 11.2. The van der Waals surface area contributed by atoms with Crippen molar-refractivity contribution in [3.8, 4) is 0 Å². The van der Waals surface area contributed by atoms with Gasteiger partial charge in [0.1, 0.15) is 5.00 Å². The second-order valence-corrected chi connectivity index (χ2v) is 12.6. The number of amides is 2. The van der Waals surface area contributed by atoms with E-state index in [0.717, 1.165) is 61.1 Å². The molecule has 1 aliphatic carbocycles. The topological polar surface area (TPSA) is 159 Å². The number of carboxylic acid groups (broad SMARTS) is 2. The molecule has 44 heavy (non-hydrogen) atoms. The van der Waals surface area contributed by atoms with Gasteiger partial charge in [-0.2, -0.15) is 0 Å². The van der Waals surface area contributed by atoms with Gasteiger partial charge in [0, 0.05) is 15.5 Å². The monoisotopic (exact) mass is 638 g/mol. The van der Waals surface area contributed by atoms with Crippen molar-refractivity contribution in [2.45, 2.75) is 68.9 Å². The van der Waals surface area contributed by atoms with Crippen molar-refractivity contribution < 1.29 is 38.9 Å². The molecular formula is C32H34N2O8S2. The minimum absolute atomic E-state index is 0.186. The van der Waals surface area contributed by atoms with E-state index in [2.05, 4.69) is 10.6 Å². The van der Waals surface area contributed by atoms with Crippen molar-refractivity contribution in [2.24, 2.45) is 0 Å². The van der Waals surface area contributed by atoms with E-state index < -0.39 is 34.6 Å². The molecule has 10 nitrogen and oxygen atoms in total. The maximum Gasteiger partial charge on any atom is 0.341 e. The number of carboxylic acids is 2. The number of anilines is 2. The van der Waals surface area contributed by atoms with Gasteiger partial charge in [-0.3, -0.25) is 9.59 Å². The van der Waals surface area contributed by atoms with Gasteiger partial charge in [0.05, 0.1) is 34.1 Å². The van der Waals surface area contributed by atoms with E-state index in [4.69, 9.17) is 4.74 Å². The summed E-state index contributed by atoms with van der Waals surface area (Å²) in [6.45, 7) is 3.88. The van der Waals surface area contributed by atoms with Gasteiger partial charge in [0.15, 0.2) is 0 Å². The second kappa shape index (κ2) is 15.0. The molecule has 4 N–H and O–H groups in total. The molecule has 1 aliphatic rings. The van der Waals surface area contributed by atoms with Gasteiger partial charge in [-0.1, -0.05) is 25.8 Å². The standard InChI is InChI=1S/C32H34N2O8S2/c1-3-24(28(36)34-29-26(32(41)42-4-2)22-12-7-5-6-8-13-25(22)44-29)43-20-11-9-10-19(17-20)33-27(35)21-15-14-18(30(37)38)16-23(21)31(39)40/h9-11,14-17,24H,3-8,12-13H2,1-2H3,(H,33,35)(H,34,36)(H,37,38)(H,39,40). The molecule has 0 aliphatic heterocycles. The fourth-order valence-corrected chi connectivity index (χ4v) is 7.30. The van der Waals surface area contributed by atoms with E-state index in [1.54, 1.807) is 31.2 Å². The van der Waals surface area contributed by atoms with E-state index in [1.165, 1.54) is 29.2 Å². The summed E-state index contributed by atoms with van der Waals surface area (Å²) >= 11 is 2.75. The molecule has 1 unspecified atom stereocenters. The van der Waals surface area contributed by atoms with Crippen molar-refractivity contribution in [3.05, 3.63) is 75.2 Å². The van der Waals surface area contributed by atoms with E-state index in [0.29, 0.717) is 27.6 Å². The highest BCUT2D eigenvalue weighted by molar-refractivity contribution is 8.00. The van der Waals surface area contributed by atoms with Crippen molar-refractivity contribution in [2.75, 3.05) is 17.2 Å². The van der Waals surface area contributed by atoms with Gasteiger partial charge in [0.25, 0.3) is 5.91 Å². The molecule has 0 fully saturated rings. The summed E-state index contributed by atoms with van der Waals surface area (Å²) in [6.07, 6.45) is 6.39. The average molecular weight is 639 g/mol. The summed E-state index contributed by atoms with van der Waals surface area (Å²) in [7, 11) is 0. The predicted molar refractivity (Wildman–Crippen MR) is 169 cm³/mol. The molecule has 2 aromatic carbocycles. The number of thiophene rings is 1. The molecule has 0 spiro atoms. The summed E-state index contributed by atoms with van der Waals surface area (Å²) in [6, 6.07) is 10.1. The number of carbonyl (C=O) groups is 5. The number of benzene rings is 2. The minimum atomic E-state index is -1.43. The van der Waals surface area contributed by atoms with Crippen LogP contribution >= 0.6 is 23.1 Å². The Labute approximate surface area is 263 Å². The number of nitrogens with one attached hydrogen (secondary N) is 2. The Hall–Kier alpha value is -4.16. The fourth-order valence-electron chi connectivity index (χ4n) is 5.00. The minimum Gasteiger partial charge on any atom is -0.478 e. The van der Waals surface area contributed by atoms with Crippen LogP contribution in [-0.4, -0.2) is 51.8 Å². The number of carbonyl (C=O) groups excluding carboxylic acids is 3. The molecule has 3 aromatic rings. The maximum atomic E-state index is 13.5. The van der Waals surface area contributed by atoms with Crippen LogP contribution in [0.1, 0.15) is 97.8 Å². The van der Waals surface area contributed by atoms with Crippen molar-refractivity contribution in [3.63, 3.8) is 0 Å². The van der Waals surface area contributed by atoms with Crippen LogP contribution in [0.25, 0.3) is 0 Å². The molecule has 232 valence electrons.